The third kappa shape index (κ3) is 4.19. The number of amides is 2. The highest BCUT2D eigenvalue weighted by atomic mass is 16.5. The number of carbonyl (C=O) groups excluding carboxylic acids is 2. The lowest BCUT2D eigenvalue weighted by Gasteiger charge is -2.34. The van der Waals surface area contributed by atoms with Crippen molar-refractivity contribution in [2.75, 3.05) is 40.4 Å². The summed E-state index contributed by atoms with van der Waals surface area (Å²) in [7, 11) is 2.99. The Morgan fingerprint density at radius 2 is 1.71 bits per heavy atom. The van der Waals surface area contributed by atoms with Crippen LogP contribution in [0.5, 0.6) is 5.75 Å². The summed E-state index contributed by atoms with van der Waals surface area (Å²) < 4.78 is 10.1. The summed E-state index contributed by atoms with van der Waals surface area (Å²) in [6, 6.07) is 6.01. The molecule has 0 N–H and O–H groups in total. The molecule has 0 radical (unpaired) electrons. The first-order valence-corrected chi connectivity index (χ1v) is 8.23. The normalized spacial score (nSPS) is 14.7. The molecule has 1 aromatic carbocycles. The first-order valence-electron chi connectivity index (χ1n) is 8.23. The molecule has 0 atom stereocenters. The van der Waals surface area contributed by atoms with E-state index < -0.39 is 0 Å². The van der Waals surface area contributed by atoms with Gasteiger partial charge in [0.15, 0.2) is 0 Å². The van der Waals surface area contributed by atoms with E-state index in [1.54, 1.807) is 16.9 Å². The Hall–Kier alpha value is -2.24. The maximum atomic E-state index is 12.6. The summed E-state index contributed by atoms with van der Waals surface area (Å²) in [6.45, 7) is 6.31. The van der Waals surface area contributed by atoms with Crippen molar-refractivity contribution in [3.8, 4) is 5.75 Å². The first kappa shape index (κ1) is 18.1. The Kier molecular flexibility index (Phi) is 6.06. The largest absolute Gasteiger partial charge is 0.496 e. The van der Waals surface area contributed by atoms with E-state index in [9.17, 15) is 9.59 Å². The first-order chi connectivity index (χ1) is 11.5. The summed E-state index contributed by atoms with van der Waals surface area (Å²) in [5.41, 5.74) is 2.10. The van der Waals surface area contributed by atoms with Crippen LogP contribution in [0.3, 0.4) is 0 Å². The molecule has 0 bridgehead atoms. The van der Waals surface area contributed by atoms with Gasteiger partial charge < -0.3 is 19.3 Å². The molecule has 1 aliphatic heterocycles. The highest BCUT2D eigenvalue weighted by Crippen LogP contribution is 2.25. The topological polar surface area (TPSA) is 59.1 Å². The summed E-state index contributed by atoms with van der Waals surface area (Å²) >= 11 is 0. The van der Waals surface area contributed by atoms with Crippen molar-refractivity contribution in [3.63, 3.8) is 0 Å². The smallest absolute Gasteiger partial charge is 0.409 e. The highest BCUT2D eigenvalue weighted by molar-refractivity contribution is 5.80. The molecule has 2 amide bonds. The molecule has 6 heteroatoms. The molecule has 1 fully saturated rings. The fraction of sp³-hybridized carbons (Fsp3) is 0.556. The van der Waals surface area contributed by atoms with Crippen molar-refractivity contribution in [2.24, 2.45) is 0 Å². The van der Waals surface area contributed by atoms with E-state index in [0.29, 0.717) is 38.5 Å². The number of hydrogen-bond donors (Lipinski definition) is 0. The third-order valence-electron chi connectivity index (χ3n) is 4.38. The maximum absolute atomic E-state index is 12.6. The number of ether oxygens (including phenoxy) is 2. The molecule has 24 heavy (non-hydrogen) atoms. The molecule has 1 aliphatic rings. The average molecular weight is 334 g/mol. The molecule has 6 nitrogen and oxygen atoms in total. The van der Waals surface area contributed by atoms with Gasteiger partial charge in [0.1, 0.15) is 5.75 Å². The highest BCUT2D eigenvalue weighted by Gasteiger charge is 2.25. The van der Waals surface area contributed by atoms with Crippen molar-refractivity contribution >= 4 is 12.0 Å². The van der Waals surface area contributed by atoms with Gasteiger partial charge in [0.25, 0.3) is 0 Å². The van der Waals surface area contributed by atoms with Crippen molar-refractivity contribution in [1.82, 2.24) is 9.80 Å². The van der Waals surface area contributed by atoms with Gasteiger partial charge in [-0.2, -0.15) is 0 Å². The van der Waals surface area contributed by atoms with Gasteiger partial charge in [0, 0.05) is 31.7 Å². The molecule has 132 valence electrons. The molecule has 0 aliphatic carbocycles. The van der Waals surface area contributed by atoms with E-state index in [1.807, 2.05) is 18.2 Å². The Balaban J connectivity index is 2.02. The number of benzene rings is 1. The molecule has 0 unspecified atom stereocenters. The zero-order valence-electron chi connectivity index (χ0n) is 14.9. The van der Waals surface area contributed by atoms with Crippen LogP contribution in [-0.4, -0.2) is 62.2 Å². The Morgan fingerprint density at radius 1 is 1.08 bits per heavy atom. The van der Waals surface area contributed by atoms with Crippen molar-refractivity contribution in [2.45, 2.75) is 26.2 Å². The van der Waals surface area contributed by atoms with Crippen LogP contribution in [-0.2, 0) is 16.0 Å². The van der Waals surface area contributed by atoms with Gasteiger partial charge >= 0.3 is 6.09 Å². The average Bonchev–Trinajstić information content (AvgIpc) is 2.60. The van der Waals surface area contributed by atoms with Crippen LogP contribution in [0.2, 0.25) is 0 Å². The molecule has 0 spiro atoms. The van der Waals surface area contributed by atoms with E-state index in [2.05, 4.69) is 13.8 Å². The molecule has 0 saturated carbocycles. The summed E-state index contributed by atoms with van der Waals surface area (Å²) in [5.74, 6) is 1.19. The van der Waals surface area contributed by atoms with E-state index >= 15 is 0 Å². The van der Waals surface area contributed by atoms with Crippen LogP contribution in [0.15, 0.2) is 18.2 Å². The van der Waals surface area contributed by atoms with E-state index in [1.165, 1.54) is 12.7 Å². The number of hydrogen-bond acceptors (Lipinski definition) is 4. The number of piperazine rings is 1. The number of carbonyl (C=O) groups is 2. The van der Waals surface area contributed by atoms with Crippen LogP contribution in [0.4, 0.5) is 4.79 Å². The lowest BCUT2D eigenvalue weighted by Crippen LogP contribution is -2.50. The maximum Gasteiger partial charge on any atom is 0.409 e. The Labute approximate surface area is 143 Å². The Morgan fingerprint density at radius 3 is 2.25 bits per heavy atom. The molecular formula is C18H26N2O4. The predicted molar refractivity (Wildman–Crippen MR) is 91.3 cm³/mol. The third-order valence-corrected chi connectivity index (χ3v) is 4.38. The quantitative estimate of drug-likeness (QED) is 0.847. The summed E-state index contributed by atoms with van der Waals surface area (Å²) in [4.78, 5) is 27.5. The van der Waals surface area contributed by atoms with Gasteiger partial charge in [-0.25, -0.2) is 4.79 Å². The molecule has 1 aromatic rings. The van der Waals surface area contributed by atoms with Crippen molar-refractivity contribution in [3.05, 3.63) is 29.3 Å². The van der Waals surface area contributed by atoms with Crippen LogP contribution >= 0.6 is 0 Å². The Bertz CT molecular complexity index is 593. The standard InChI is InChI=1S/C18H26N2O4/c1-13(2)14-5-6-16(23-3)15(11-14)12-17(21)19-7-9-20(10-8-19)18(22)24-4/h5-6,11,13H,7-10,12H2,1-4H3. The molecular weight excluding hydrogens is 308 g/mol. The monoisotopic (exact) mass is 334 g/mol. The fourth-order valence-corrected chi connectivity index (χ4v) is 2.84. The second-order valence-electron chi connectivity index (χ2n) is 6.24. The molecule has 1 heterocycles. The minimum Gasteiger partial charge on any atom is -0.496 e. The lowest BCUT2D eigenvalue weighted by molar-refractivity contribution is -0.132. The number of nitrogens with zero attached hydrogens (tertiary/aromatic N) is 2. The predicted octanol–water partition coefficient (Wildman–Crippen LogP) is 2.27. The van der Waals surface area contributed by atoms with Gasteiger partial charge in [-0.15, -0.1) is 0 Å². The molecule has 2 rings (SSSR count). The fourth-order valence-electron chi connectivity index (χ4n) is 2.84. The number of methoxy groups -OCH3 is 2. The second kappa shape index (κ2) is 8.04. The van der Waals surface area contributed by atoms with Gasteiger partial charge in [0.2, 0.25) is 5.91 Å². The molecule has 1 saturated heterocycles. The van der Waals surface area contributed by atoms with Crippen LogP contribution < -0.4 is 4.74 Å². The molecule has 0 aromatic heterocycles. The van der Waals surface area contributed by atoms with Gasteiger partial charge in [-0.1, -0.05) is 26.0 Å². The summed E-state index contributed by atoms with van der Waals surface area (Å²) in [5, 5.41) is 0. The minimum atomic E-state index is -0.339. The van der Waals surface area contributed by atoms with Crippen LogP contribution in [0.1, 0.15) is 30.9 Å². The van der Waals surface area contributed by atoms with Gasteiger partial charge in [0.05, 0.1) is 20.6 Å². The minimum absolute atomic E-state index is 0.0544. The lowest BCUT2D eigenvalue weighted by atomic mass is 9.98. The van der Waals surface area contributed by atoms with E-state index in [-0.39, 0.29) is 12.0 Å². The van der Waals surface area contributed by atoms with E-state index in [4.69, 9.17) is 9.47 Å². The zero-order valence-corrected chi connectivity index (χ0v) is 14.9. The van der Waals surface area contributed by atoms with Crippen molar-refractivity contribution in [1.29, 1.82) is 0 Å². The zero-order chi connectivity index (χ0) is 17.7. The van der Waals surface area contributed by atoms with Gasteiger partial charge in [-0.05, 0) is 17.5 Å². The van der Waals surface area contributed by atoms with Crippen molar-refractivity contribution < 1.29 is 19.1 Å². The SMILES string of the molecule is COC(=O)N1CCN(C(=O)Cc2cc(C(C)C)ccc2OC)CC1. The number of rotatable bonds is 4. The van der Waals surface area contributed by atoms with Gasteiger partial charge in [-0.3, -0.25) is 4.79 Å². The van der Waals surface area contributed by atoms with E-state index in [0.717, 1.165) is 11.3 Å². The van der Waals surface area contributed by atoms with Crippen LogP contribution in [0.25, 0.3) is 0 Å². The van der Waals surface area contributed by atoms with Crippen LogP contribution in [0, 0.1) is 0 Å². The second-order valence-corrected chi connectivity index (χ2v) is 6.24. The summed E-state index contributed by atoms with van der Waals surface area (Å²) in [6.07, 6.45) is -0.0319.